The molecule has 33 heavy (non-hydrogen) atoms. The number of carbonyl (C=O) groups excluding carboxylic acids is 1. The van der Waals surface area contributed by atoms with Crippen LogP contribution in [0.25, 0.3) is 0 Å². The molecule has 0 heterocycles. The van der Waals surface area contributed by atoms with Gasteiger partial charge in [-0.3, -0.25) is 0 Å². The number of esters is 1. The second-order valence-corrected chi connectivity index (χ2v) is 15.4. The first-order chi connectivity index (χ1) is 15.4. The lowest BCUT2D eigenvalue weighted by atomic mass is 10.0. The summed E-state index contributed by atoms with van der Waals surface area (Å²) in [5, 5.41) is 14.2. The molecule has 2 N–H and O–H groups in total. The van der Waals surface area contributed by atoms with Gasteiger partial charge >= 0.3 is 5.97 Å². The summed E-state index contributed by atoms with van der Waals surface area (Å²) in [5.74, 6) is -0.251. The van der Waals surface area contributed by atoms with Crippen LogP contribution in [0.15, 0.2) is 54.6 Å². The Morgan fingerprint density at radius 2 is 1.64 bits per heavy atom. The van der Waals surface area contributed by atoms with Crippen LogP contribution in [0.4, 0.5) is 5.69 Å². The van der Waals surface area contributed by atoms with Gasteiger partial charge in [-0.15, -0.1) is 0 Å². The minimum atomic E-state index is -1.93. The lowest BCUT2D eigenvalue weighted by Gasteiger charge is -2.36. The van der Waals surface area contributed by atoms with Crippen LogP contribution in [0.2, 0.25) is 18.1 Å². The third-order valence-corrected chi connectivity index (χ3v) is 10.9. The standard InChI is InChI=1S/C27H41NO4Si/c1-20(2)25(26(30)31-18-21-13-9-8-10-14-21)28-24-16-12-11-15-22(24)17-23(29)19-32-33(6,7)27(3,4)5/h8-16,20,23,25,28-29H,17-19H2,1-7H3/t23?,25-/m0/s1. The predicted molar refractivity (Wildman–Crippen MR) is 138 cm³/mol. The number of para-hydroxylation sites is 1. The van der Waals surface area contributed by atoms with E-state index in [0.29, 0.717) is 13.0 Å². The molecule has 0 fully saturated rings. The Balaban J connectivity index is 2.03. The van der Waals surface area contributed by atoms with Gasteiger partial charge in [0.05, 0.1) is 12.7 Å². The molecule has 2 aromatic rings. The molecule has 0 bridgehead atoms. The monoisotopic (exact) mass is 471 g/mol. The maximum absolute atomic E-state index is 12.9. The molecule has 0 aliphatic rings. The highest BCUT2D eigenvalue weighted by molar-refractivity contribution is 6.74. The van der Waals surface area contributed by atoms with Crippen LogP contribution in [0, 0.1) is 5.92 Å². The summed E-state index contributed by atoms with van der Waals surface area (Å²) in [5.41, 5.74) is 2.74. The Morgan fingerprint density at radius 3 is 2.24 bits per heavy atom. The summed E-state index contributed by atoms with van der Waals surface area (Å²) >= 11 is 0. The molecule has 5 nitrogen and oxygen atoms in total. The Hall–Kier alpha value is -2.15. The average Bonchev–Trinajstić information content (AvgIpc) is 2.75. The van der Waals surface area contributed by atoms with E-state index in [-0.39, 0.29) is 23.5 Å². The van der Waals surface area contributed by atoms with Crippen molar-refractivity contribution in [2.45, 2.75) is 77.9 Å². The van der Waals surface area contributed by atoms with Crippen LogP contribution in [-0.4, -0.2) is 38.1 Å². The van der Waals surface area contributed by atoms with Crippen molar-refractivity contribution >= 4 is 20.0 Å². The molecule has 1 unspecified atom stereocenters. The molecular weight excluding hydrogens is 430 g/mol. The molecule has 0 aliphatic carbocycles. The molecule has 0 aliphatic heterocycles. The Bertz CT molecular complexity index is 877. The molecule has 0 amide bonds. The number of rotatable bonds is 11. The number of hydrogen-bond donors (Lipinski definition) is 2. The summed E-state index contributed by atoms with van der Waals surface area (Å²) in [4.78, 5) is 12.9. The largest absolute Gasteiger partial charge is 0.459 e. The molecule has 2 atom stereocenters. The fourth-order valence-corrected chi connectivity index (χ4v) is 4.20. The maximum atomic E-state index is 12.9. The van der Waals surface area contributed by atoms with Crippen LogP contribution < -0.4 is 5.32 Å². The van der Waals surface area contributed by atoms with E-state index in [4.69, 9.17) is 9.16 Å². The maximum Gasteiger partial charge on any atom is 0.329 e. The van der Waals surface area contributed by atoms with Crippen molar-refractivity contribution in [3.05, 3.63) is 65.7 Å². The van der Waals surface area contributed by atoms with Crippen LogP contribution in [0.5, 0.6) is 0 Å². The Labute approximate surface area is 200 Å². The van der Waals surface area contributed by atoms with Gasteiger partial charge in [0.2, 0.25) is 0 Å². The molecule has 0 radical (unpaired) electrons. The number of hydrogen-bond acceptors (Lipinski definition) is 5. The molecule has 0 spiro atoms. The third-order valence-electron chi connectivity index (χ3n) is 6.37. The van der Waals surface area contributed by atoms with Gasteiger partial charge in [0.1, 0.15) is 12.6 Å². The summed E-state index contributed by atoms with van der Waals surface area (Å²) in [6, 6.07) is 17.0. The van der Waals surface area contributed by atoms with E-state index in [1.54, 1.807) is 0 Å². The van der Waals surface area contributed by atoms with E-state index in [0.717, 1.165) is 16.8 Å². The van der Waals surface area contributed by atoms with Crippen molar-refractivity contribution in [2.75, 3.05) is 11.9 Å². The van der Waals surface area contributed by atoms with E-state index in [2.05, 4.69) is 39.2 Å². The molecule has 2 aromatic carbocycles. The first-order valence-electron chi connectivity index (χ1n) is 11.8. The van der Waals surface area contributed by atoms with E-state index >= 15 is 0 Å². The number of benzene rings is 2. The van der Waals surface area contributed by atoms with E-state index < -0.39 is 20.5 Å². The quantitative estimate of drug-likeness (QED) is 0.321. The lowest BCUT2D eigenvalue weighted by Crippen LogP contribution is -2.43. The van der Waals surface area contributed by atoms with Gasteiger partial charge < -0.3 is 19.6 Å². The zero-order valence-electron chi connectivity index (χ0n) is 21.2. The van der Waals surface area contributed by atoms with Crippen LogP contribution in [0.1, 0.15) is 45.7 Å². The minimum Gasteiger partial charge on any atom is -0.459 e. The fourth-order valence-electron chi connectivity index (χ4n) is 3.16. The molecule has 6 heteroatoms. The van der Waals surface area contributed by atoms with Gasteiger partial charge in [-0.2, -0.15) is 0 Å². The van der Waals surface area contributed by atoms with Crippen molar-refractivity contribution in [1.29, 1.82) is 0 Å². The molecule has 2 rings (SSSR count). The minimum absolute atomic E-state index is 0.0353. The van der Waals surface area contributed by atoms with Gasteiger partial charge in [-0.1, -0.05) is 83.1 Å². The van der Waals surface area contributed by atoms with Crippen LogP contribution in [-0.2, 0) is 27.0 Å². The van der Waals surface area contributed by atoms with Crippen molar-refractivity contribution in [1.82, 2.24) is 0 Å². The number of anilines is 1. The van der Waals surface area contributed by atoms with Crippen molar-refractivity contribution in [3.8, 4) is 0 Å². The normalized spacial score (nSPS) is 14.1. The highest BCUT2D eigenvalue weighted by Gasteiger charge is 2.37. The zero-order valence-corrected chi connectivity index (χ0v) is 22.2. The molecule has 0 saturated heterocycles. The number of aliphatic hydroxyl groups is 1. The molecular formula is C27H41NO4Si. The van der Waals surface area contributed by atoms with Crippen LogP contribution >= 0.6 is 0 Å². The highest BCUT2D eigenvalue weighted by atomic mass is 28.4. The summed E-state index contributed by atoms with van der Waals surface area (Å²) in [6.45, 7) is 15.5. The molecule has 0 saturated carbocycles. The van der Waals surface area contributed by atoms with Crippen molar-refractivity contribution in [3.63, 3.8) is 0 Å². The topological polar surface area (TPSA) is 67.8 Å². The van der Waals surface area contributed by atoms with Crippen molar-refractivity contribution < 1.29 is 19.1 Å². The van der Waals surface area contributed by atoms with Gasteiger partial charge in [-0.25, -0.2) is 4.79 Å². The van der Waals surface area contributed by atoms with E-state index in [1.807, 2.05) is 68.4 Å². The Morgan fingerprint density at radius 1 is 1.03 bits per heavy atom. The van der Waals surface area contributed by atoms with Crippen LogP contribution in [0.3, 0.4) is 0 Å². The van der Waals surface area contributed by atoms with Gasteiger partial charge in [0.25, 0.3) is 0 Å². The average molecular weight is 472 g/mol. The summed E-state index contributed by atoms with van der Waals surface area (Å²) in [6.07, 6.45) is -0.175. The summed E-state index contributed by atoms with van der Waals surface area (Å²) < 4.78 is 11.8. The van der Waals surface area contributed by atoms with Crippen molar-refractivity contribution in [2.24, 2.45) is 5.92 Å². The first kappa shape index (κ1) is 27.1. The molecule has 0 aromatic heterocycles. The number of carbonyl (C=O) groups is 1. The fraction of sp³-hybridized carbons (Fsp3) is 0.519. The second kappa shape index (κ2) is 11.8. The Kier molecular flexibility index (Phi) is 9.70. The van der Waals surface area contributed by atoms with E-state index in [1.165, 1.54) is 0 Å². The third kappa shape index (κ3) is 8.29. The molecule has 182 valence electrons. The predicted octanol–water partition coefficient (Wildman–Crippen LogP) is 5.79. The van der Waals surface area contributed by atoms with E-state index in [9.17, 15) is 9.90 Å². The number of ether oxygens (including phenoxy) is 1. The second-order valence-electron chi connectivity index (χ2n) is 10.5. The number of aliphatic hydroxyl groups excluding tert-OH is 1. The highest BCUT2D eigenvalue weighted by Crippen LogP contribution is 2.36. The smallest absolute Gasteiger partial charge is 0.329 e. The first-order valence-corrected chi connectivity index (χ1v) is 14.7. The SMILES string of the molecule is CC(C)[C@H](Nc1ccccc1CC(O)CO[Si](C)(C)C(C)(C)C)C(=O)OCc1ccccc1. The lowest BCUT2D eigenvalue weighted by molar-refractivity contribution is -0.146. The van der Waals surface area contributed by atoms with Gasteiger partial charge in [-0.05, 0) is 41.2 Å². The van der Waals surface area contributed by atoms with Gasteiger partial charge in [0.15, 0.2) is 8.32 Å². The summed E-state index contributed by atoms with van der Waals surface area (Å²) in [7, 11) is -1.93. The van der Waals surface area contributed by atoms with Gasteiger partial charge in [0, 0.05) is 12.1 Å². The zero-order chi connectivity index (χ0) is 24.6. The number of nitrogens with one attached hydrogen (secondary N) is 1.